The van der Waals surface area contributed by atoms with E-state index in [4.69, 9.17) is 21.4 Å². The van der Waals surface area contributed by atoms with Crippen LogP contribution in [0, 0.1) is 27.6 Å². The second kappa shape index (κ2) is 15.6. The van der Waals surface area contributed by atoms with Gasteiger partial charge < -0.3 is 5.11 Å². The van der Waals surface area contributed by atoms with E-state index in [-0.39, 0.29) is 33.7 Å². The van der Waals surface area contributed by atoms with E-state index in [0.29, 0.717) is 44.5 Å². The molecule has 0 spiro atoms. The fourth-order valence-corrected chi connectivity index (χ4v) is 7.83. The summed E-state index contributed by atoms with van der Waals surface area (Å²) in [7, 11) is 0. The zero-order valence-corrected chi connectivity index (χ0v) is 37.4. The number of pyridine rings is 1. The number of aromatic hydroxyl groups is 1. The van der Waals surface area contributed by atoms with Gasteiger partial charge in [0.05, 0.1) is 37.6 Å². The smallest absolute Gasteiger partial charge is 0.149 e. The third-order valence-corrected chi connectivity index (χ3v) is 11.5. The number of para-hydroxylation sites is 1. The summed E-state index contributed by atoms with van der Waals surface area (Å²) in [5.41, 5.74) is 6.53. The Labute approximate surface area is 387 Å². The molecule has 0 saturated carbocycles. The van der Waals surface area contributed by atoms with Gasteiger partial charge in [-0.3, -0.25) is 9.55 Å². The lowest BCUT2D eigenvalue weighted by molar-refractivity contribution is 0.472. The van der Waals surface area contributed by atoms with Crippen molar-refractivity contribution < 1.29 is 22.9 Å². The molecule has 314 valence electrons. The van der Waals surface area contributed by atoms with Crippen LogP contribution in [-0.4, -0.2) is 19.6 Å². The molecule has 0 aliphatic carbocycles. The molecule has 0 unspecified atom stereocenters. The molecule has 0 bridgehead atoms. The van der Waals surface area contributed by atoms with Crippen LogP contribution in [0.15, 0.2) is 127 Å². The summed E-state index contributed by atoms with van der Waals surface area (Å²) in [5.74, 6) is 0.256. The third kappa shape index (κ3) is 8.23. The molecule has 0 aliphatic rings. The van der Waals surface area contributed by atoms with Crippen molar-refractivity contribution in [2.75, 3.05) is 0 Å². The van der Waals surface area contributed by atoms with Gasteiger partial charge >= 0.3 is 0 Å². The molecule has 2 heterocycles. The molecule has 8 rings (SSSR count). The highest BCUT2D eigenvalue weighted by Crippen LogP contribution is 2.42. The number of aromatic nitrogens is 3. The highest BCUT2D eigenvalue weighted by atomic mass is 16.3. The zero-order valence-electron chi connectivity index (χ0n) is 50.4. The predicted octanol–water partition coefficient (Wildman–Crippen LogP) is 15.6. The largest absolute Gasteiger partial charge is 0.507 e. The van der Waals surface area contributed by atoms with Crippen LogP contribution in [0.1, 0.15) is 119 Å². The number of fused-ring (bicyclic) bond motifs is 1. The maximum absolute atomic E-state index is 11.9. The quantitative estimate of drug-likeness (QED) is 0.182. The lowest BCUT2D eigenvalue weighted by Crippen LogP contribution is -2.16. The Morgan fingerprint density at radius 1 is 0.565 bits per heavy atom. The minimum atomic E-state index is -2.99. The molecule has 62 heavy (non-hydrogen) atoms. The summed E-state index contributed by atoms with van der Waals surface area (Å²) >= 11 is 0. The molecule has 0 fully saturated rings. The lowest BCUT2D eigenvalue weighted by Gasteiger charge is -2.26. The summed E-state index contributed by atoms with van der Waals surface area (Å²) in [5, 5.41) is 11.9. The van der Waals surface area contributed by atoms with Crippen molar-refractivity contribution in [2.24, 2.45) is 0 Å². The van der Waals surface area contributed by atoms with Gasteiger partial charge in [0.15, 0.2) is 0 Å². The number of phenolic OH excluding ortho intramolecular Hbond substituents is 1. The Kier molecular flexibility index (Phi) is 7.32. The highest BCUT2D eigenvalue weighted by molar-refractivity contribution is 5.97. The first-order chi connectivity index (χ1) is 34.5. The van der Waals surface area contributed by atoms with Crippen LogP contribution in [0.2, 0.25) is 0 Å². The van der Waals surface area contributed by atoms with E-state index in [1.165, 1.54) is 0 Å². The number of imidazole rings is 1. The first-order valence-corrected chi connectivity index (χ1v) is 20.9. The molecule has 0 atom stereocenters. The molecule has 0 radical (unpaired) electrons. The SMILES string of the molecule is [2H]c1nc(-c2cc(-c3cccc4c3nc(-c3cc(C)cc(C)c3O)n4-c3ccc(-c4cc(C(C)(C)C)cc(C(C)(C)C)c4)cc3C([2H])([2H])[2H])cc(C(C)(C)C)c2)c([2H])c(-c2c([2H])c([2H])c(C([2H])([2H])[2H])c([2H])c2[2H])c1[2H]. The van der Waals surface area contributed by atoms with Gasteiger partial charge in [-0.2, -0.15) is 0 Å². The number of nitrogens with zero attached hydrogens (tertiary/aromatic N) is 3. The Balaban J connectivity index is 1.43. The summed E-state index contributed by atoms with van der Waals surface area (Å²) < 4.78 is 115. The van der Waals surface area contributed by atoms with E-state index in [1.54, 1.807) is 35.8 Å². The number of benzene rings is 6. The average molecular weight is 829 g/mol. The number of hydrogen-bond acceptors (Lipinski definition) is 3. The van der Waals surface area contributed by atoms with E-state index >= 15 is 0 Å². The second-order valence-electron chi connectivity index (χ2n) is 19.4. The van der Waals surface area contributed by atoms with Gasteiger partial charge in [0.2, 0.25) is 0 Å². The standard InChI is InChI=1S/C58H61N3O/c1-35-17-19-39(20-18-35)41-23-24-59-50(33-41)44-28-43(31-45(32-44)56(5,6)7)48-15-14-16-52-53(48)60-55(49-26-36(2)25-38(4)54(49)62)61(52)51-22-21-40(27-37(51)3)42-29-46(57(8,9)10)34-47(30-42)58(11,12)13/h14-34,62H,1-13H3/i1D3,3D3,17D,18D,19D,20D,23D,24D,33D. The molecule has 2 aromatic heterocycles. The number of aryl methyl sites for hydroxylation is 3. The summed E-state index contributed by atoms with van der Waals surface area (Å²) in [6, 6.07) is 22.3. The van der Waals surface area contributed by atoms with Crippen LogP contribution in [0.5, 0.6) is 5.75 Å². The Morgan fingerprint density at radius 3 is 1.89 bits per heavy atom. The zero-order chi connectivity index (χ0) is 55.6. The molecule has 8 aromatic rings. The number of hydrogen-bond donors (Lipinski definition) is 1. The summed E-state index contributed by atoms with van der Waals surface area (Å²) in [6.07, 6.45) is -0.609. The van der Waals surface area contributed by atoms with Crippen molar-refractivity contribution in [1.82, 2.24) is 14.5 Å². The van der Waals surface area contributed by atoms with Crippen LogP contribution in [0.4, 0.5) is 0 Å². The van der Waals surface area contributed by atoms with Crippen molar-refractivity contribution >= 4 is 11.0 Å². The minimum absolute atomic E-state index is 0.0276. The molecule has 4 nitrogen and oxygen atoms in total. The van der Waals surface area contributed by atoms with E-state index < -0.39 is 78.2 Å². The van der Waals surface area contributed by atoms with Crippen LogP contribution in [-0.2, 0) is 16.2 Å². The van der Waals surface area contributed by atoms with Crippen LogP contribution in [0.3, 0.4) is 0 Å². The molecular formula is C58H61N3O. The van der Waals surface area contributed by atoms with Crippen molar-refractivity contribution in [3.05, 3.63) is 166 Å². The van der Waals surface area contributed by atoms with Crippen LogP contribution in [0.25, 0.3) is 72.7 Å². The van der Waals surface area contributed by atoms with Crippen molar-refractivity contribution in [1.29, 1.82) is 0 Å². The third-order valence-electron chi connectivity index (χ3n) is 11.5. The van der Waals surface area contributed by atoms with Crippen molar-refractivity contribution in [3.8, 4) is 67.5 Å². The molecule has 0 amide bonds. The lowest BCUT2D eigenvalue weighted by atomic mass is 9.79. The van der Waals surface area contributed by atoms with E-state index in [0.717, 1.165) is 33.4 Å². The maximum Gasteiger partial charge on any atom is 0.149 e. The molecule has 6 aromatic carbocycles. The van der Waals surface area contributed by atoms with Gasteiger partial charge in [-0.25, -0.2) is 4.98 Å². The Hall–Kier alpha value is -6.26. The topological polar surface area (TPSA) is 50.9 Å². The van der Waals surface area contributed by atoms with Gasteiger partial charge in [0.25, 0.3) is 0 Å². The van der Waals surface area contributed by atoms with Gasteiger partial charge in [-0.1, -0.05) is 141 Å². The number of phenols is 1. The average Bonchev–Trinajstić information content (AvgIpc) is 3.69. The Morgan fingerprint density at radius 2 is 1.23 bits per heavy atom. The molecule has 0 aliphatic heterocycles. The highest BCUT2D eigenvalue weighted by Gasteiger charge is 2.25. The van der Waals surface area contributed by atoms with Gasteiger partial charge in [0, 0.05) is 25.5 Å². The van der Waals surface area contributed by atoms with E-state index in [1.807, 2.05) is 70.2 Å². The first-order valence-electron chi connectivity index (χ1n) is 27.4. The van der Waals surface area contributed by atoms with Crippen LogP contribution < -0.4 is 0 Å². The monoisotopic (exact) mass is 829 g/mol. The van der Waals surface area contributed by atoms with Crippen molar-refractivity contribution in [3.63, 3.8) is 0 Å². The Bertz CT molecular complexity index is 3580. The molecule has 4 heteroatoms. The van der Waals surface area contributed by atoms with Crippen molar-refractivity contribution in [2.45, 2.75) is 106 Å². The minimum Gasteiger partial charge on any atom is -0.507 e. The summed E-state index contributed by atoms with van der Waals surface area (Å²) in [4.78, 5) is 9.72. The van der Waals surface area contributed by atoms with E-state index in [9.17, 15) is 6.48 Å². The summed E-state index contributed by atoms with van der Waals surface area (Å²) in [6.45, 7) is 17.0. The fraction of sp³-hybridized carbons (Fsp3) is 0.276. The van der Waals surface area contributed by atoms with Gasteiger partial charge in [-0.15, -0.1) is 0 Å². The van der Waals surface area contributed by atoms with Gasteiger partial charge in [0.1, 0.15) is 11.6 Å². The molecule has 0 saturated heterocycles. The van der Waals surface area contributed by atoms with Crippen LogP contribution >= 0.6 is 0 Å². The normalized spacial score (nSPS) is 15.8. The number of rotatable bonds is 6. The molecule has 1 N–H and O–H groups in total. The predicted molar refractivity (Wildman–Crippen MR) is 263 cm³/mol. The first kappa shape index (κ1) is 29.1. The second-order valence-corrected chi connectivity index (χ2v) is 19.4. The van der Waals surface area contributed by atoms with E-state index in [2.05, 4.69) is 64.7 Å². The van der Waals surface area contributed by atoms with Gasteiger partial charge in [-0.05, 0) is 153 Å². The fourth-order valence-electron chi connectivity index (χ4n) is 7.83. The maximum atomic E-state index is 11.9. The molecular weight excluding hydrogens is 755 g/mol.